The fourth-order valence-corrected chi connectivity index (χ4v) is 2.53. The van der Waals surface area contributed by atoms with Gasteiger partial charge >= 0.3 is 0 Å². The van der Waals surface area contributed by atoms with Crippen LogP contribution in [0.4, 0.5) is 11.8 Å². The summed E-state index contributed by atoms with van der Waals surface area (Å²) < 4.78 is 1.88. The summed E-state index contributed by atoms with van der Waals surface area (Å²) >= 11 is 6.07. The highest BCUT2D eigenvalue weighted by Gasteiger charge is 2.13. The van der Waals surface area contributed by atoms with Gasteiger partial charge in [0.05, 0.1) is 5.69 Å². The minimum Gasteiger partial charge on any atom is -0.368 e. The molecule has 0 aliphatic heterocycles. The van der Waals surface area contributed by atoms with Crippen molar-refractivity contribution in [2.45, 2.75) is 13.3 Å². The molecule has 0 atom stereocenters. The first-order valence-electron chi connectivity index (χ1n) is 7.33. The van der Waals surface area contributed by atoms with Gasteiger partial charge in [0, 0.05) is 35.6 Å². The predicted octanol–water partition coefficient (Wildman–Crippen LogP) is 3.26. The highest BCUT2D eigenvalue weighted by atomic mass is 35.5. The van der Waals surface area contributed by atoms with E-state index >= 15 is 0 Å². The molecule has 0 unspecified atom stereocenters. The van der Waals surface area contributed by atoms with Crippen LogP contribution < -0.4 is 10.7 Å². The van der Waals surface area contributed by atoms with Gasteiger partial charge in [0.2, 0.25) is 5.95 Å². The lowest BCUT2D eigenvalue weighted by Crippen LogP contribution is -2.30. The lowest BCUT2D eigenvalue weighted by Gasteiger charge is -2.24. The van der Waals surface area contributed by atoms with Gasteiger partial charge < -0.3 is 5.73 Å². The number of nitrogens with two attached hydrogens (primary N) is 1. The van der Waals surface area contributed by atoms with Crippen LogP contribution in [0.3, 0.4) is 0 Å². The average Bonchev–Trinajstić information content (AvgIpc) is 3.06. The summed E-state index contributed by atoms with van der Waals surface area (Å²) in [5.74, 6) is 0.936. The normalized spacial score (nSPS) is 10.7. The van der Waals surface area contributed by atoms with Crippen molar-refractivity contribution in [1.82, 2.24) is 19.6 Å². The van der Waals surface area contributed by atoms with E-state index in [1.807, 2.05) is 46.2 Å². The minimum atomic E-state index is 0.221. The van der Waals surface area contributed by atoms with Crippen molar-refractivity contribution >= 4 is 23.4 Å². The van der Waals surface area contributed by atoms with E-state index in [1.54, 1.807) is 12.5 Å². The molecule has 118 valence electrons. The Morgan fingerprint density at radius 2 is 2.13 bits per heavy atom. The molecule has 0 saturated carbocycles. The number of benzene rings is 1. The summed E-state index contributed by atoms with van der Waals surface area (Å²) in [6.45, 7) is 2.88. The number of nitrogen functional groups attached to an aromatic ring is 1. The van der Waals surface area contributed by atoms with Crippen LogP contribution in [0.15, 0.2) is 49.1 Å². The molecule has 0 fully saturated rings. The summed E-state index contributed by atoms with van der Waals surface area (Å²) in [6, 6.07) is 9.41. The van der Waals surface area contributed by atoms with Gasteiger partial charge in [0.15, 0.2) is 5.82 Å². The number of anilines is 2. The maximum atomic E-state index is 6.07. The minimum absolute atomic E-state index is 0.221. The molecule has 0 bridgehead atoms. The molecular formula is C16H17ClN6. The van der Waals surface area contributed by atoms with Crippen molar-refractivity contribution in [2.75, 3.05) is 17.3 Å². The van der Waals surface area contributed by atoms with Crippen LogP contribution in [0.5, 0.6) is 0 Å². The van der Waals surface area contributed by atoms with Crippen LogP contribution in [0, 0.1) is 0 Å². The first kappa shape index (κ1) is 15.3. The Kier molecular flexibility index (Phi) is 4.43. The van der Waals surface area contributed by atoms with E-state index < -0.39 is 0 Å². The Morgan fingerprint density at radius 1 is 1.26 bits per heavy atom. The van der Waals surface area contributed by atoms with Gasteiger partial charge in [0.1, 0.15) is 6.33 Å². The SMILES string of the molecule is CCCN(c1cc(-c2cccc(Cl)c2)nc(N)n1)n1ccnc1. The topological polar surface area (TPSA) is 72.9 Å². The summed E-state index contributed by atoms with van der Waals surface area (Å²) in [5.41, 5.74) is 7.55. The van der Waals surface area contributed by atoms with E-state index in [0.717, 1.165) is 24.2 Å². The van der Waals surface area contributed by atoms with Gasteiger partial charge in [-0.3, -0.25) is 5.01 Å². The number of nitrogens with zero attached hydrogens (tertiary/aromatic N) is 5. The van der Waals surface area contributed by atoms with E-state index in [2.05, 4.69) is 21.9 Å². The molecule has 0 spiro atoms. The number of rotatable bonds is 5. The van der Waals surface area contributed by atoms with Gasteiger partial charge in [-0.1, -0.05) is 30.7 Å². The second kappa shape index (κ2) is 6.66. The Balaban J connectivity index is 2.05. The van der Waals surface area contributed by atoms with Gasteiger partial charge in [0.25, 0.3) is 0 Å². The van der Waals surface area contributed by atoms with E-state index in [1.165, 1.54) is 0 Å². The van der Waals surface area contributed by atoms with Crippen LogP contribution >= 0.6 is 11.6 Å². The number of aromatic nitrogens is 4. The zero-order valence-corrected chi connectivity index (χ0v) is 13.5. The first-order chi connectivity index (χ1) is 11.2. The molecule has 6 nitrogen and oxygen atoms in total. The van der Waals surface area contributed by atoms with Gasteiger partial charge in [-0.25, -0.2) is 14.6 Å². The highest BCUT2D eigenvalue weighted by Crippen LogP contribution is 2.25. The molecule has 2 N–H and O–H groups in total. The Hall–Kier alpha value is -2.60. The van der Waals surface area contributed by atoms with E-state index in [4.69, 9.17) is 17.3 Å². The van der Waals surface area contributed by atoms with E-state index in [0.29, 0.717) is 10.8 Å². The second-order valence-corrected chi connectivity index (χ2v) is 5.48. The summed E-state index contributed by atoms with van der Waals surface area (Å²) in [6.07, 6.45) is 6.28. The number of halogens is 1. The monoisotopic (exact) mass is 328 g/mol. The molecule has 0 saturated heterocycles. The van der Waals surface area contributed by atoms with E-state index in [-0.39, 0.29) is 5.95 Å². The zero-order valence-electron chi connectivity index (χ0n) is 12.7. The molecular weight excluding hydrogens is 312 g/mol. The van der Waals surface area contributed by atoms with Crippen LogP contribution in [-0.2, 0) is 0 Å². The number of hydrogen-bond donors (Lipinski definition) is 1. The molecule has 2 heterocycles. The molecule has 3 aromatic rings. The summed E-state index contributed by atoms with van der Waals surface area (Å²) in [4.78, 5) is 12.8. The highest BCUT2D eigenvalue weighted by molar-refractivity contribution is 6.30. The molecule has 0 aliphatic carbocycles. The van der Waals surface area contributed by atoms with Gasteiger partial charge in [-0.05, 0) is 18.6 Å². The maximum absolute atomic E-state index is 6.07. The quantitative estimate of drug-likeness (QED) is 0.778. The number of hydrogen-bond acceptors (Lipinski definition) is 5. The summed E-state index contributed by atoms with van der Waals surface area (Å²) in [5, 5.41) is 2.65. The molecule has 3 rings (SSSR count). The van der Waals surface area contributed by atoms with Crippen LogP contribution in [-0.4, -0.2) is 26.2 Å². The van der Waals surface area contributed by atoms with Crippen molar-refractivity contribution < 1.29 is 0 Å². The van der Waals surface area contributed by atoms with Crippen LogP contribution in [0.2, 0.25) is 5.02 Å². The smallest absolute Gasteiger partial charge is 0.222 e. The van der Waals surface area contributed by atoms with Crippen molar-refractivity contribution in [3.05, 3.63) is 54.1 Å². The average molecular weight is 329 g/mol. The molecule has 23 heavy (non-hydrogen) atoms. The Morgan fingerprint density at radius 3 is 2.83 bits per heavy atom. The molecule has 2 aromatic heterocycles. The third kappa shape index (κ3) is 3.43. The second-order valence-electron chi connectivity index (χ2n) is 5.05. The van der Waals surface area contributed by atoms with Crippen LogP contribution in [0.1, 0.15) is 13.3 Å². The lowest BCUT2D eigenvalue weighted by molar-refractivity contribution is 0.664. The largest absolute Gasteiger partial charge is 0.368 e. The molecule has 0 radical (unpaired) electrons. The molecule has 0 amide bonds. The zero-order chi connectivity index (χ0) is 16.2. The first-order valence-corrected chi connectivity index (χ1v) is 7.71. The van der Waals surface area contributed by atoms with Crippen molar-refractivity contribution in [3.63, 3.8) is 0 Å². The Labute approximate surface area is 139 Å². The summed E-state index contributed by atoms with van der Waals surface area (Å²) in [7, 11) is 0. The standard InChI is InChI=1S/C16H17ClN6/c1-2-7-23(22-8-6-19-11-22)15-10-14(20-16(18)21-15)12-4-3-5-13(17)9-12/h3-6,8-11H,2,7H2,1H3,(H2,18,20,21). The Bertz CT molecular complexity index is 787. The molecule has 0 aliphatic rings. The molecule has 7 heteroatoms. The van der Waals surface area contributed by atoms with Gasteiger partial charge in [-0.2, -0.15) is 4.98 Å². The van der Waals surface area contributed by atoms with Crippen LogP contribution in [0.25, 0.3) is 11.3 Å². The van der Waals surface area contributed by atoms with E-state index in [9.17, 15) is 0 Å². The maximum Gasteiger partial charge on any atom is 0.222 e. The number of imidazole rings is 1. The lowest BCUT2D eigenvalue weighted by atomic mass is 10.1. The predicted molar refractivity (Wildman–Crippen MR) is 92.2 cm³/mol. The van der Waals surface area contributed by atoms with Crippen molar-refractivity contribution in [1.29, 1.82) is 0 Å². The fourth-order valence-electron chi connectivity index (χ4n) is 2.34. The third-order valence-electron chi connectivity index (χ3n) is 3.32. The van der Waals surface area contributed by atoms with Crippen molar-refractivity contribution in [2.24, 2.45) is 0 Å². The van der Waals surface area contributed by atoms with Gasteiger partial charge in [-0.15, -0.1) is 0 Å². The van der Waals surface area contributed by atoms with Crippen molar-refractivity contribution in [3.8, 4) is 11.3 Å². The molecule has 1 aromatic carbocycles. The fraction of sp³-hybridized carbons (Fsp3) is 0.188. The third-order valence-corrected chi connectivity index (χ3v) is 3.55.